The molecular formula is C11H15O2+. The normalized spacial score (nSPS) is 9.85. The Kier molecular flexibility index (Phi) is 2.71. The molecule has 0 atom stereocenters. The minimum Gasteiger partial charge on any atom is -0.576 e. The van der Waals surface area contributed by atoms with E-state index in [0.29, 0.717) is 0 Å². The molecule has 1 rings (SSSR count). The van der Waals surface area contributed by atoms with Crippen molar-refractivity contribution in [3.8, 4) is 5.75 Å². The summed E-state index contributed by atoms with van der Waals surface area (Å²) in [7, 11) is 3.77. The van der Waals surface area contributed by atoms with E-state index in [1.165, 1.54) is 0 Å². The van der Waals surface area contributed by atoms with Crippen LogP contribution >= 0.6 is 0 Å². The number of hydrogen-bond donors (Lipinski definition) is 0. The molecule has 0 spiro atoms. The van der Waals surface area contributed by atoms with Gasteiger partial charge in [-0.2, -0.15) is 0 Å². The average Bonchev–Trinajstić information content (AvgIpc) is 2.04. The monoisotopic (exact) mass is 179 g/mol. The van der Waals surface area contributed by atoms with Crippen LogP contribution in [0.5, 0.6) is 5.75 Å². The molecule has 1 aromatic carbocycles. The Morgan fingerprint density at radius 1 is 1.31 bits per heavy atom. The second kappa shape index (κ2) is 3.60. The Bertz CT molecular complexity index is 327. The van der Waals surface area contributed by atoms with Gasteiger partial charge in [0.2, 0.25) is 0 Å². The lowest BCUT2D eigenvalue weighted by molar-refractivity contribution is 0.0491. The number of hydrogen-bond acceptors (Lipinski definition) is 1. The third kappa shape index (κ3) is 2.08. The average molecular weight is 179 g/mol. The summed E-state index contributed by atoms with van der Waals surface area (Å²) >= 11 is 0. The van der Waals surface area contributed by atoms with Crippen molar-refractivity contribution in [3.05, 3.63) is 29.3 Å². The van der Waals surface area contributed by atoms with Gasteiger partial charge in [-0.25, -0.2) is 0 Å². The van der Waals surface area contributed by atoms with Gasteiger partial charge in [0.1, 0.15) is 0 Å². The second-order valence-electron chi connectivity index (χ2n) is 3.35. The largest absolute Gasteiger partial charge is 0.576 e. The summed E-state index contributed by atoms with van der Waals surface area (Å²) < 4.78 is 2.75. The van der Waals surface area contributed by atoms with Gasteiger partial charge in [-0.1, -0.05) is 0 Å². The van der Waals surface area contributed by atoms with Gasteiger partial charge in [0.05, 0.1) is 0 Å². The lowest BCUT2D eigenvalue weighted by Gasteiger charge is -2.13. The van der Waals surface area contributed by atoms with E-state index < -0.39 is 0 Å². The van der Waals surface area contributed by atoms with Crippen molar-refractivity contribution < 1.29 is 9.16 Å². The molecule has 2 heteroatoms. The molecule has 0 N–H and O–H groups in total. The SMILES string of the molecule is CC(=O)c1cc([O+](C)C)ccc1C. The van der Waals surface area contributed by atoms with Crippen LogP contribution in [0.15, 0.2) is 18.2 Å². The summed E-state index contributed by atoms with van der Waals surface area (Å²) in [6.45, 7) is 3.53. The van der Waals surface area contributed by atoms with Crippen LogP contribution in [-0.2, 0) is 4.37 Å². The Labute approximate surface area is 78.9 Å². The zero-order chi connectivity index (χ0) is 10.0. The maximum absolute atomic E-state index is 11.2. The minimum atomic E-state index is 0.113. The van der Waals surface area contributed by atoms with Crippen LogP contribution in [0.2, 0.25) is 0 Å². The van der Waals surface area contributed by atoms with Gasteiger partial charge in [-0.3, -0.25) is 4.79 Å². The van der Waals surface area contributed by atoms with Crippen molar-refractivity contribution in [2.24, 2.45) is 0 Å². The minimum absolute atomic E-state index is 0.113. The number of aryl methyl sites for hydroxylation is 1. The first kappa shape index (κ1) is 9.78. The molecular weight excluding hydrogens is 164 g/mol. The summed E-state index contributed by atoms with van der Waals surface area (Å²) in [4.78, 5) is 11.2. The molecule has 0 fully saturated rings. The molecule has 0 aromatic heterocycles. The van der Waals surface area contributed by atoms with E-state index in [1.54, 1.807) is 6.92 Å². The van der Waals surface area contributed by atoms with Crippen molar-refractivity contribution in [1.82, 2.24) is 0 Å². The van der Waals surface area contributed by atoms with E-state index in [1.807, 2.05) is 39.3 Å². The quantitative estimate of drug-likeness (QED) is 0.504. The molecule has 0 bridgehead atoms. The van der Waals surface area contributed by atoms with Crippen molar-refractivity contribution >= 4 is 5.78 Å². The zero-order valence-corrected chi connectivity index (χ0v) is 8.55. The summed E-state index contributed by atoms with van der Waals surface area (Å²) in [5.41, 5.74) is 1.82. The number of carbonyl (C=O) groups is 1. The van der Waals surface area contributed by atoms with E-state index in [2.05, 4.69) is 4.37 Å². The van der Waals surface area contributed by atoms with Gasteiger partial charge in [-0.05, 0) is 25.5 Å². The number of ketones is 1. The lowest BCUT2D eigenvalue weighted by atomic mass is 10.1. The first-order chi connectivity index (χ1) is 6.02. The molecule has 0 aliphatic carbocycles. The van der Waals surface area contributed by atoms with E-state index in [9.17, 15) is 4.79 Å². The molecule has 0 saturated carbocycles. The number of rotatable bonds is 2. The number of benzene rings is 1. The van der Waals surface area contributed by atoms with Gasteiger partial charge in [0, 0.05) is 17.7 Å². The van der Waals surface area contributed by atoms with Crippen LogP contribution in [0.25, 0.3) is 0 Å². The van der Waals surface area contributed by atoms with Crippen LogP contribution in [0, 0.1) is 6.92 Å². The third-order valence-corrected chi connectivity index (χ3v) is 2.06. The molecule has 70 valence electrons. The molecule has 0 amide bonds. The highest BCUT2D eigenvalue weighted by molar-refractivity contribution is 5.95. The van der Waals surface area contributed by atoms with E-state index in [0.717, 1.165) is 16.9 Å². The fourth-order valence-electron chi connectivity index (χ4n) is 1.23. The van der Waals surface area contributed by atoms with Crippen LogP contribution in [0.4, 0.5) is 0 Å². The summed E-state index contributed by atoms with van der Waals surface area (Å²) in [5.74, 6) is 1.10. The maximum atomic E-state index is 11.2. The van der Waals surface area contributed by atoms with Crippen LogP contribution in [0.1, 0.15) is 22.8 Å². The maximum Gasteiger partial charge on any atom is 0.255 e. The molecule has 13 heavy (non-hydrogen) atoms. The van der Waals surface area contributed by atoms with Crippen molar-refractivity contribution in [2.45, 2.75) is 13.8 Å². The second-order valence-corrected chi connectivity index (χ2v) is 3.35. The summed E-state index contributed by atoms with van der Waals surface area (Å²) in [6, 6.07) is 5.83. The lowest BCUT2D eigenvalue weighted by Crippen LogP contribution is -1.98. The molecule has 0 aliphatic heterocycles. The smallest absolute Gasteiger partial charge is 0.255 e. The summed E-state index contributed by atoms with van der Waals surface area (Å²) in [6.07, 6.45) is 0. The predicted molar refractivity (Wildman–Crippen MR) is 53.6 cm³/mol. The van der Waals surface area contributed by atoms with Gasteiger partial charge in [0.15, 0.2) is 20.0 Å². The molecule has 0 aliphatic rings. The van der Waals surface area contributed by atoms with Crippen molar-refractivity contribution in [3.63, 3.8) is 0 Å². The molecule has 1 aromatic rings. The van der Waals surface area contributed by atoms with Crippen molar-refractivity contribution in [1.29, 1.82) is 0 Å². The predicted octanol–water partition coefficient (Wildman–Crippen LogP) is 2.72. The Hall–Kier alpha value is -1.31. The van der Waals surface area contributed by atoms with E-state index in [4.69, 9.17) is 0 Å². The van der Waals surface area contributed by atoms with Crippen LogP contribution in [0.3, 0.4) is 0 Å². The fraction of sp³-hybridized carbons (Fsp3) is 0.364. The van der Waals surface area contributed by atoms with Gasteiger partial charge in [0.25, 0.3) is 5.75 Å². The molecule has 2 nitrogen and oxygen atoms in total. The Morgan fingerprint density at radius 3 is 2.38 bits per heavy atom. The van der Waals surface area contributed by atoms with Gasteiger partial charge >= 0.3 is 0 Å². The van der Waals surface area contributed by atoms with Gasteiger partial charge < -0.3 is 4.37 Å². The van der Waals surface area contributed by atoms with Crippen LogP contribution in [-0.4, -0.2) is 20.0 Å². The Morgan fingerprint density at radius 2 is 1.92 bits per heavy atom. The van der Waals surface area contributed by atoms with E-state index in [-0.39, 0.29) is 5.78 Å². The highest BCUT2D eigenvalue weighted by Crippen LogP contribution is 2.23. The molecule has 0 radical (unpaired) electrons. The number of carbonyl (C=O) groups excluding carboxylic acids is 1. The molecule has 0 saturated heterocycles. The topological polar surface area (TPSA) is 19.8 Å². The first-order valence-electron chi connectivity index (χ1n) is 4.21. The fourth-order valence-corrected chi connectivity index (χ4v) is 1.23. The highest BCUT2D eigenvalue weighted by atomic mass is 16.7. The summed E-state index contributed by atoms with van der Waals surface area (Å²) in [5, 5.41) is 0. The van der Waals surface area contributed by atoms with E-state index >= 15 is 0 Å². The van der Waals surface area contributed by atoms with Crippen LogP contribution < -0.4 is 0 Å². The third-order valence-electron chi connectivity index (χ3n) is 2.06. The Balaban J connectivity index is 3.19. The number of Topliss-reactive ketones (excluding diaryl/α,β-unsaturated/α-hetero) is 1. The first-order valence-corrected chi connectivity index (χ1v) is 4.21. The van der Waals surface area contributed by atoms with Crippen molar-refractivity contribution in [2.75, 3.05) is 14.2 Å². The zero-order valence-electron chi connectivity index (χ0n) is 8.55. The highest BCUT2D eigenvalue weighted by Gasteiger charge is 2.08. The van der Waals surface area contributed by atoms with Gasteiger partial charge in [-0.15, -0.1) is 0 Å². The molecule has 0 unspecified atom stereocenters. The standard InChI is InChI=1S/C11H15O2/c1-8-5-6-10(13(3)4)7-11(8)9(2)12/h5-7H,1-4H3/q+1. The molecule has 0 heterocycles.